The van der Waals surface area contributed by atoms with E-state index in [-0.39, 0.29) is 5.91 Å². The molecule has 0 heterocycles. The molecule has 0 aromatic heterocycles. The van der Waals surface area contributed by atoms with Crippen LogP contribution in [-0.2, 0) is 4.79 Å². The number of nitrogens with one attached hydrogen (secondary N) is 1. The molecule has 0 aliphatic heterocycles. The highest BCUT2D eigenvalue weighted by molar-refractivity contribution is 8.00. The van der Waals surface area contributed by atoms with E-state index in [0.717, 1.165) is 16.1 Å². The van der Waals surface area contributed by atoms with Crippen molar-refractivity contribution in [3.8, 4) is 0 Å². The van der Waals surface area contributed by atoms with E-state index in [4.69, 9.17) is 11.6 Å². The molecule has 3 rings (SSSR count). The molecule has 0 spiro atoms. The molecular weight excluding hydrogens is 326 g/mol. The van der Waals surface area contributed by atoms with E-state index in [9.17, 15) is 4.79 Å². The molecule has 3 aromatic carbocycles. The molecule has 0 aliphatic rings. The third-order valence-electron chi connectivity index (χ3n) is 3.56. The summed E-state index contributed by atoms with van der Waals surface area (Å²) in [6.45, 7) is 1.95. The van der Waals surface area contributed by atoms with Crippen molar-refractivity contribution in [2.75, 3.05) is 11.1 Å². The zero-order valence-electron chi connectivity index (χ0n) is 12.7. The Morgan fingerprint density at radius 1 is 1.04 bits per heavy atom. The first-order chi connectivity index (χ1) is 11.1. The number of halogens is 1. The molecule has 0 atom stereocenters. The van der Waals surface area contributed by atoms with Gasteiger partial charge in [-0.15, -0.1) is 11.8 Å². The van der Waals surface area contributed by atoms with Crippen LogP contribution in [0.25, 0.3) is 10.8 Å². The lowest BCUT2D eigenvalue weighted by Crippen LogP contribution is -2.14. The number of hydrogen-bond donors (Lipinski definition) is 1. The van der Waals surface area contributed by atoms with Crippen LogP contribution in [0.2, 0.25) is 5.02 Å². The summed E-state index contributed by atoms with van der Waals surface area (Å²) < 4.78 is 0. The first-order valence-corrected chi connectivity index (χ1v) is 8.66. The Balaban J connectivity index is 1.64. The summed E-state index contributed by atoms with van der Waals surface area (Å²) >= 11 is 7.50. The van der Waals surface area contributed by atoms with Gasteiger partial charge in [-0.05, 0) is 47.5 Å². The van der Waals surface area contributed by atoms with Crippen LogP contribution in [0.15, 0.2) is 65.6 Å². The second-order valence-electron chi connectivity index (χ2n) is 5.31. The molecule has 3 aromatic rings. The van der Waals surface area contributed by atoms with Crippen molar-refractivity contribution in [1.29, 1.82) is 0 Å². The number of hydrogen-bond acceptors (Lipinski definition) is 2. The molecule has 0 saturated heterocycles. The average Bonchev–Trinajstić information content (AvgIpc) is 2.56. The average molecular weight is 342 g/mol. The van der Waals surface area contributed by atoms with Gasteiger partial charge >= 0.3 is 0 Å². The van der Waals surface area contributed by atoms with Gasteiger partial charge in [-0.3, -0.25) is 4.79 Å². The highest BCUT2D eigenvalue weighted by atomic mass is 35.5. The topological polar surface area (TPSA) is 29.1 Å². The van der Waals surface area contributed by atoms with Crippen LogP contribution in [0, 0.1) is 6.92 Å². The fourth-order valence-electron chi connectivity index (χ4n) is 2.32. The number of benzene rings is 3. The third kappa shape index (κ3) is 4.06. The van der Waals surface area contributed by atoms with Gasteiger partial charge in [0.15, 0.2) is 0 Å². The Morgan fingerprint density at radius 3 is 2.65 bits per heavy atom. The SMILES string of the molecule is Cc1ccc(Cl)cc1NC(=O)CSc1ccc2ccccc2c1. The van der Waals surface area contributed by atoms with Crippen molar-refractivity contribution < 1.29 is 4.79 Å². The molecule has 0 unspecified atom stereocenters. The van der Waals surface area contributed by atoms with Gasteiger partial charge in [-0.2, -0.15) is 0 Å². The number of fused-ring (bicyclic) bond motifs is 1. The van der Waals surface area contributed by atoms with Crippen LogP contribution in [-0.4, -0.2) is 11.7 Å². The zero-order chi connectivity index (χ0) is 16.2. The van der Waals surface area contributed by atoms with Crippen molar-refractivity contribution in [2.24, 2.45) is 0 Å². The number of carbonyl (C=O) groups is 1. The fourth-order valence-corrected chi connectivity index (χ4v) is 3.24. The van der Waals surface area contributed by atoms with E-state index in [1.807, 2.05) is 37.3 Å². The maximum Gasteiger partial charge on any atom is 0.234 e. The van der Waals surface area contributed by atoms with Gasteiger partial charge in [0.1, 0.15) is 0 Å². The van der Waals surface area contributed by atoms with Crippen LogP contribution in [0.1, 0.15) is 5.56 Å². The Kier molecular flexibility index (Phi) is 4.89. The minimum Gasteiger partial charge on any atom is -0.325 e. The normalized spacial score (nSPS) is 10.7. The fraction of sp³-hybridized carbons (Fsp3) is 0.105. The van der Waals surface area contributed by atoms with Crippen LogP contribution in [0.4, 0.5) is 5.69 Å². The Bertz CT molecular complexity index is 863. The lowest BCUT2D eigenvalue weighted by atomic mass is 10.1. The molecule has 1 N–H and O–H groups in total. The number of rotatable bonds is 4. The standard InChI is InChI=1S/C19H16ClNOS/c1-13-6-8-16(20)11-18(13)21-19(22)12-23-17-9-7-14-4-2-3-5-15(14)10-17/h2-11H,12H2,1H3,(H,21,22). The van der Waals surface area contributed by atoms with Crippen molar-refractivity contribution in [1.82, 2.24) is 0 Å². The molecule has 0 saturated carbocycles. The lowest BCUT2D eigenvalue weighted by Gasteiger charge is -2.09. The molecule has 0 radical (unpaired) electrons. The summed E-state index contributed by atoms with van der Waals surface area (Å²) in [4.78, 5) is 13.2. The predicted octanol–water partition coefficient (Wildman–Crippen LogP) is 5.53. The van der Waals surface area contributed by atoms with Crippen LogP contribution in [0.5, 0.6) is 0 Å². The predicted molar refractivity (Wildman–Crippen MR) is 99.5 cm³/mol. The Labute approximate surface area is 144 Å². The largest absolute Gasteiger partial charge is 0.325 e. The summed E-state index contributed by atoms with van der Waals surface area (Å²) in [5, 5.41) is 5.92. The van der Waals surface area contributed by atoms with E-state index in [2.05, 4.69) is 29.6 Å². The molecule has 0 fully saturated rings. The van der Waals surface area contributed by atoms with E-state index >= 15 is 0 Å². The van der Waals surface area contributed by atoms with Gasteiger partial charge in [-0.25, -0.2) is 0 Å². The van der Waals surface area contributed by atoms with Crippen LogP contribution in [0.3, 0.4) is 0 Å². The van der Waals surface area contributed by atoms with Gasteiger partial charge in [0.05, 0.1) is 5.75 Å². The van der Waals surface area contributed by atoms with E-state index in [0.29, 0.717) is 10.8 Å². The molecule has 116 valence electrons. The quantitative estimate of drug-likeness (QED) is 0.632. The summed E-state index contributed by atoms with van der Waals surface area (Å²) in [7, 11) is 0. The molecule has 2 nitrogen and oxygen atoms in total. The molecule has 0 bridgehead atoms. The van der Waals surface area contributed by atoms with Crippen LogP contribution < -0.4 is 5.32 Å². The number of anilines is 1. The lowest BCUT2D eigenvalue weighted by molar-refractivity contribution is -0.113. The second kappa shape index (κ2) is 7.07. The van der Waals surface area contributed by atoms with Crippen LogP contribution >= 0.6 is 23.4 Å². The summed E-state index contributed by atoms with van der Waals surface area (Å²) in [6, 6.07) is 19.9. The van der Waals surface area contributed by atoms with Gasteiger partial charge in [-0.1, -0.05) is 48.0 Å². The summed E-state index contributed by atoms with van der Waals surface area (Å²) in [5.41, 5.74) is 1.76. The number of amides is 1. The molecule has 0 aliphatic carbocycles. The van der Waals surface area contributed by atoms with Crippen molar-refractivity contribution >= 4 is 45.7 Å². The Hall–Kier alpha value is -1.97. The zero-order valence-corrected chi connectivity index (χ0v) is 14.2. The molecule has 4 heteroatoms. The molecule has 23 heavy (non-hydrogen) atoms. The van der Waals surface area contributed by atoms with Gasteiger partial charge in [0.25, 0.3) is 0 Å². The first kappa shape index (κ1) is 15.9. The first-order valence-electron chi connectivity index (χ1n) is 7.29. The van der Waals surface area contributed by atoms with Gasteiger partial charge in [0, 0.05) is 15.6 Å². The minimum absolute atomic E-state index is 0.0338. The van der Waals surface area contributed by atoms with Gasteiger partial charge in [0.2, 0.25) is 5.91 Å². The third-order valence-corrected chi connectivity index (χ3v) is 4.79. The number of aryl methyl sites for hydroxylation is 1. The molecular formula is C19H16ClNOS. The van der Waals surface area contributed by atoms with E-state index in [1.54, 1.807) is 6.07 Å². The summed E-state index contributed by atoms with van der Waals surface area (Å²) in [6.07, 6.45) is 0. The maximum atomic E-state index is 12.1. The smallest absolute Gasteiger partial charge is 0.234 e. The van der Waals surface area contributed by atoms with Crippen molar-refractivity contribution in [3.63, 3.8) is 0 Å². The van der Waals surface area contributed by atoms with Crippen molar-refractivity contribution in [2.45, 2.75) is 11.8 Å². The van der Waals surface area contributed by atoms with Crippen molar-refractivity contribution in [3.05, 3.63) is 71.2 Å². The summed E-state index contributed by atoms with van der Waals surface area (Å²) in [5.74, 6) is 0.332. The van der Waals surface area contributed by atoms with Gasteiger partial charge < -0.3 is 5.32 Å². The second-order valence-corrected chi connectivity index (χ2v) is 6.79. The molecule has 1 amide bonds. The maximum absolute atomic E-state index is 12.1. The van der Waals surface area contributed by atoms with E-state index < -0.39 is 0 Å². The Morgan fingerprint density at radius 2 is 1.83 bits per heavy atom. The number of thioether (sulfide) groups is 1. The monoisotopic (exact) mass is 341 g/mol. The number of carbonyl (C=O) groups excluding carboxylic acids is 1. The highest BCUT2D eigenvalue weighted by Crippen LogP contribution is 2.24. The highest BCUT2D eigenvalue weighted by Gasteiger charge is 2.07. The minimum atomic E-state index is -0.0338. The van der Waals surface area contributed by atoms with E-state index in [1.165, 1.54) is 22.5 Å².